The molecule has 1 aromatic heterocycles. The van der Waals surface area contributed by atoms with Crippen molar-refractivity contribution in [2.75, 3.05) is 26.8 Å². The second-order valence-corrected chi connectivity index (χ2v) is 3.73. The predicted molar refractivity (Wildman–Crippen MR) is 72.2 cm³/mol. The van der Waals surface area contributed by atoms with Crippen molar-refractivity contribution in [3.05, 3.63) is 34.3 Å². The molecule has 0 saturated heterocycles. The molecule has 0 saturated carbocycles. The molecule has 0 fully saturated rings. The maximum absolute atomic E-state index is 11.9. The summed E-state index contributed by atoms with van der Waals surface area (Å²) in [7, 11) is 1.52. The van der Waals surface area contributed by atoms with Crippen molar-refractivity contribution < 1.29 is 14.3 Å². The fraction of sp³-hybridized carbons (Fsp3) is 0.500. The highest BCUT2D eigenvalue weighted by molar-refractivity contribution is 5.77. The Hall–Kier alpha value is -2.31. The van der Waals surface area contributed by atoms with E-state index in [2.05, 4.69) is 20.3 Å². The van der Waals surface area contributed by atoms with Crippen LogP contribution in [0.15, 0.2) is 23.4 Å². The SMILES string of the molecule is CCOC(=O)C(NCCN=[N+]=[N-])c1ccc(OC)nc1. The van der Waals surface area contributed by atoms with Crippen LogP contribution in [-0.2, 0) is 9.53 Å². The number of nitrogens with one attached hydrogen (secondary N) is 1. The largest absolute Gasteiger partial charge is 0.481 e. The van der Waals surface area contributed by atoms with Gasteiger partial charge in [0.25, 0.3) is 0 Å². The van der Waals surface area contributed by atoms with E-state index >= 15 is 0 Å². The van der Waals surface area contributed by atoms with Gasteiger partial charge in [-0.25, -0.2) is 9.78 Å². The van der Waals surface area contributed by atoms with Gasteiger partial charge in [0.1, 0.15) is 6.04 Å². The van der Waals surface area contributed by atoms with Gasteiger partial charge in [0, 0.05) is 30.3 Å². The van der Waals surface area contributed by atoms with E-state index in [-0.39, 0.29) is 13.2 Å². The minimum atomic E-state index is -0.651. The molecule has 8 nitrogen and oxygen atoms in total. The fourth-order valence-electron chi connectivity index (χ4n) is 1.55. The molecule has 0 amide bonds. The topological polar surface area (TPSA) is 109 Å². The lowest BCUT2D eigenvalue weighted by Crippen LogP contribution is -2.32. The molecular formula is C12H17N5O3. The zero-order chi connectivity index (χ0) is 14.8. The lowest BCUT2D eigenvalue weighted by Gasteiger charge is -2.17. The molecule has 108 valence electrons. The summed E-state index contributed by atoms with van der Waals surface area (Å²) in [6, 6.07) is 2.74. The number of aromatic nitrogens is 1. The number of rotatable bonds is 8. The van der Waals surface area contributed by atoms with Gasteiger partial charge in [-0.3, -0.25) is 0 Å². The molecule has 0 aliphatic rings. The third kappa shape index (κ3) is 4.75. The maximum atomic E-state index is 11.9. The number of hydrogen-bond acceptors (Lipinski definition) is 6. The van der Waals surface area contributed by atoms with Crippen LogP contribution >= 0.6 is 0 Å². The molecule has 1 aromatic rings. The van der Waals surface area contributed by atoms with Gasteiger partial charge in [-0.15, -0.1) is 0 Å². The van der Waals surface area contributed by atoms with Gasteiger partial charge in [-0.1, -0.05) is 5.11 Å². The Bertz CT molecular complexity index is 470. The van der Waals surface area contributed by atoms with E-state index in [0.717, 1.165) is 0 Å². The number of ether oxygens (including phenoxy) is 2. The number of carbonyl (C=O) groups excluding carboxylic acids is 1. The van der Waals surface area contributed by atoms with Gasteiger partial charge >= 0.3 is 5.97 Å². The lowest BCUT2D eigenvalue weighted by atomic mass is 10.1. The number of azide groups is 1. The summed E-state index contributed by atoms with van der Waals surface area (Å²) in [6.07, 6.45) is 1.54. The Morgan fingerprint density at radius 3 is 2.95 bits per heavy atom. The summed E-state index contributed by atoms with van der Waals surface area (Å²) < 4.78 is 9.98. The Balaban J connectivity index is 2.78. The second-order valence-electron chi connectivity index (χ2n) is 3.73. The van der Waals surface area contributed by atoms with Crippen LogP contribution in [-0.4, -0.2) is 37.8 Å². The molecule has 1 atom stereocenters. The second kappa shape index (κ2) is 8.73. The van der Waals surface area contributed by atoms with E-state index < -0.39 is 12.0 Å². The molecule has 20 heavy (non-hydrogen) atoms. The van der Waals surface area contributed by atoms with Crippen molar-refractivity contribution in [3.63, 3.8) is 0 Å². The molecule has 1 heterocycles. The molecule has 0 aromatic carbocycles. The molecule has 0 aliphatic carbocycles. The van der Waals surface area contributed by atoms with Gasteiger partial charge in [-0.2, -0.15) is 0 Å². The van der Waals surface area contributed by atoms with E-state index in [1.807, 2.05) is 0 Å². The van der Waals surface area contributed by atoms with Gasteiger partial charge in [0.2, 0.25) is 5.88 Å². The zero-order valence-electron chi connectivity index (χ0n) is 11.4. The van der Waals surface area contributed by atoms with Crippen LogP contribution in [0, 0.1) is 0 Å². The molecule has 0 aliphatic heterocycles. The highest BCUT2D eigenvalue weighted by Gasteiger charge is 2.21. The molecule has 1 unspecified atom stereocenters. The summed E-state index contributed by atoms with van der Waals surface area (Å²) in [5.41, 5.74) is 8.87. The number of hydrogen-bond donors (Lipinski definition) is 1. The zero-order valence-corrected chi connectivity index (χ0v) is 11.4. The molecule has 0 bridgehead atoms. The molecule has 1 rings (SSSR count). The van der Waals surface area contributed by atoms with E-state index in [9.17, 15) is 4.79 Å². The quantitative estimate of drug-likeness (QED) is 0.255. The van der Waals surface area contributed by atoms with E-state index in [4.69, 9.17) is 15.0 Å². The first-order valence-corrected chi connectivity index (χ1v) is 6.13. The average molecular weight is 279 g/mol. The average Bonchev–Trinajstić information content (AvgIpc) is 2.48. The first-order valence-electron chi connectivity index (χ1n) is 6.13. The number of nitrogens with zero attached hydrogens (tertiary/aromatic N) is 4. The monoisotopic (exact) mass is 279 g/mol. The molecular weight excluding hydrogens is 262 g/mol. The third-order valence-electron chi connectivity index (χ3n) is 2.45. The van der Waals surface area contributed by atoms with Crippen LogP contribution in [0.2, 0.25) is 0 Å². The lowest BCUT2D eigenvalue weighted by molar-refractivity contribution is -0.145. The molecule has 0 radical (unpaired) electrons. The standard InChI is InChI=1S/C12H17N5O3/c1-3-20-12(18)11(14-6-7-16-17-13)9-4-5-10(19-2)15-8-9/h4-5,8,11,14H,3,6-7H2,1-2H3. The number of pyridine rings is 1. The number of esters is 1. The van der Waals surface area contributed by atoms with Crippen LogP contribution in [0.1, 0.15) is 18.5 Å². The van der Waals surface area contributed by atoms with Crippen molar-refractivity contribution in [1.29, 1.82) is 0 Å². The Morgan fingerprint density at radius 1 is 1.60 bits per heavy atom. The van der Waals surface area contributed by atoms with Gasteiger partial charge in [-0.05, 0) is 24.1 Å². The summed E-state index contributed by atoms with van der Waals surface area (Å²) in [6.45, 7) is 2.63. The smallest absolute Gasteiger partial charge is 0.327 e. The Morgan fingerprint density at radius 2 is 2.40 bits per heavy atom. The van der Waals surface area contributed by atoms with E-state index in [0.29, 0.717) is 18.0 Å². The molecule has 8 heteroatoms. The Kier molecular flexibility index (Phi) is 6.88. The van der Waals surface area contributed by atoms with E-state index in [1.54, 1.807) is 25.3 Å². The molecule has 1 N–H and O–H groups in total. The first kappa shape index (κ1) is 15.7. The van der Waals surface area contributed by atoms with Crippen LogP contribution in [0.5, 0.6) is 5.88 Å². The summed E-state index contributed by atoms with van der Waals surface area (Å²) in [4.78, 5) is 18.6. The first-order chi connectivity index (χ1) is 9.72. The van der Waals surface area contributed by atoms with Crippen LogP contribution in [0.25, 0.3) is 10.4 Å². The fourth-order valence-corrected chi connectivity index (χ4v) is 1.55. The maximum Gasteiger partial charge on any atom is 0.327 e. The highest BCUT2D eigenvalue weighted by atomic mass is 16.5. The molecule has 0 spiro atoms. The predicted octanol–water partition coefficient (Wildman–Crippen LogP) is 1.59. The van der Waals surface area contributed by atoms with Crippen LogP contribution in [0.4, 0.5) is 0 Å². The number of methoxy groups -OCH3 is 1. The van der Waals surface area contributed by atoms with Gasteiger partial charge in [0.15, 0.2) is 0 Å². The van der Waals surface area contributed by atoms with Crippen LogP contribution < -0.4 is 10.1 Å². The van der Waals surface area contributed by atoms with Crippen LogP contribution in [0.3, 0.4) is 0 Å². The van der Waals surface area contributed by atoms with Crippen molar-refractivity contribution >= 4 is 5.97 Å². The third-order valence-corrected chi connectivity index (χ3v) is 2.45. The number of carbonyl (C=O) groups is 1. The van der Waals surface area contributed by atoms with Gasteiger partial charge < -0.3 is 14.8 Å². The summed E-state index contributed by atoms with van der Waals surface area (Å²) in [5, 5.41) is 6.37. The van der Waals surface area contributed by atoms with Crippen molar-refractivity contribution in [3.8, 4) is 5.88 Å². The van der Waals surface area contributed by atoms with Gasteiger partial charge in [0.05, 0.1) is 13.7 Å². The van der Waals surface area contributed by atoms with Crippen molar-refractivity contribution in [2.24, 2.45) is 5.11 Å². The van der Waals surface area contributed by atoms with Crippen molar-refractivity contribution in [1.82, 2.24) is 10.3 Å². The Labute approximate surface area is 116 Å². The van der Waals surface area contributed by atoms with Crippen molar-refractivity contribution in [2.45, 2.75) is 13.0 Å². The minimum absolute atomic E-state index is 0.246. The minimum Gasteiger partial charge on any atom is -0.481 e. The summed E-state index contributed by atoms with van der Waals surface area (Å²) in [5.74, 6) is 0.0610. The summed E-state index contributed by atoms with van der Waals surface area (Å²) >= 11 is 0. The highest BCUT2D eigenvalue weighted by Crippen LogP contribution is 2.16. The normalized spacial score (nSPS) is 11.3. The van der Waals surface area contributed by atoms with E-state index in [1.165, 1.54) is 7.11 Å².